The van der Waals surface area contributed by atoms with Gasteiger partial charge in [-0.25, -0.2) is 4.98 Å². The summed E-state index contributed by atoms with van der Waals surface area (Å²) in [6.07, 6.45) is 2.03. The summed E-state index contributed by atoms with van der Waals surface area (Å²) in [7, 11) is 1.97. The second-order valence-electron chi connectivity index (χ2n) is 4.89. The van der Waals surface area contributed by atoms with Gasteiger partial charge in [0.1, 0.15) is 5.52 Å². The molecule has 0 saturated carbocycles. The van der Waals surface area contributed by atoms with Crippen molar-refractivity contribution >= 4 is 34.7 Å². The minimum Gasteiger partial charge on any atom is -0.328 e. The van der Waals surface area contributed by atoms with Gasteiger partial charge in [0.25, 0.3) is 0 Å². The van der Waals surface area contributed by atoms with Gasteiger partial charge in [0, 0.05) is 12.4 Å². The molecule has 20 heavy (non-hydrogen) atoms. The molecule has 0 aliphatic heterocycles. The van der Waals surface area contributed by atoms with Gasteiger partial charge >= 0.3 is 0 Å². The van der Waals surface area contributed by atoms with Crippen LogP contribution < -0.4 is 0 Å². The van der Waals surface area contributed by atoms with Crippen molar-refractivity contribution in [1.82, 2.24) is 24.3 Å². The number of aryl methyl sites for hydroxylation is 3. The summed E-state index contributed by atoms with van der Waals surface area (Å²) in [5.41, 5.74) is 4.24. The van der Waals surface area contributed by atoms with E-state index in [1.54, 1.807) is 11.3 Å². The van der Waals surface area contributed by atoms with E-state index in [1.165, 1.54) is 0 Å². The highest BCUT2D eigenvalue weighted by atomic mass is 32.1. The summed E-state index contributed by atoms with van der Waals surface area (Å²) in [6, 6.07) is 0. The maximum absolute atomic E-state index is 5.46. The summed E-state index contributed by atoms with van der Waals surface area (Å²) < 4.78 is 4.72. The van der Waals surface area contributed by atoms with Crippen molar-refractivity contribution in [3.8, 4) is 0 Å². The third-order valence-electron chi connectivity index (χ3n) is 3.30. The normalized spacial score (nSPS) is 11.6. The highest BCUT2D eigenvalue weighted by molar-refractivity contribution is 7.71. The molecule has 106 valence electrons. The first-order chi connectivity index (χ1) is 9.60. The van der Waals surface area contributed by atoms with Gasteiger partial charge in [-0.05, 0) is 25.6 Å². The highest BCUT2D eigenvalue weighted by Crippen LogP contribution is 2.20. The smallest absolute Gasteiger partial charge is 0.179 e. The first kappa shape index (κ1) is 13.5. The maximum atomic E-state index is 5.46. The molecule has 5 nitrogen and oxygen atoms in total. The molecule has 0 aromatic carbocycles. The van der Waals surface area contributed by atoms with Gasteiger partial charge < -0.3 is 4.98 Å². The van der Waals surface area contributed by atoms with Gasteiger partial charge in [0.2, 0.25) is 0 Å². The number of hydrogen-bond acceptors (Lipinski definition) is 4. The summed E-state index contributed by atoms with van der Waals surface area (Å²) >= 11 is 7.12. The lowest BCUT2D eigenvalue weighted by atomic mass is 10.2. The number of rotatable bonds is 4. The Labute approximate surface area is 126 Å². The van der Waals surface area contributed by atoms with Crippen LogP contribution in [0.5, 0.6) is 0 Å². The molecule has 0 aliphatic carbocycles. The molecule has 0 fully saturated rings. The largest absolute Gasteiger partial charge is 0.328 e. The molecule has 1 N–H and O–H groups in total. The standard InChI is InChI=1S/C13H17N5S2/c1-4-5-10-11-12(17(3)16-10)18(13(19)15-11)6-9-7-20-8(2)14-9/h7H,4-6H2,1-3H3,(H,15,19). The molecule has 3 aromatic heterocycles. The van der Waals surface area contributed by atoms with E-state index in [0.717, 1.165) is 45.2 Å². The monoisotopic (exact) mass is 307 g/mol. The fraction of sp³-hybridized carbons (Fsp3) is 0.462. The second kappa shape index (κ2) is 5.14. The van der Waals surface area contributed by atoms with Crippen LogP contribution in [0.25, 0.3) is 11.2 Å². The lowest BCUT2D eigenvalue weighted by Gasteiger charge is -2.02. The number of nitrogens with one attached hydrogen (secondary N) is 1. The van der Waals surface area contributed by atoms with E-state index < -0.39 is 0 Å². The van der Waals surface area contributed by atoms with E-state index in [2.05, 4.69) is 31.9 Å². The number of hydrogen-bond donors (Lipinski definition) is 1. The lowest BCUT2D eigenvalue weighted by Crippen LogP contribution is -2.04. The molecule has 0 aliphatic rings. The first-order valence-corrected chi connectivity index (χ1v) is 7.94. The predicted octanol–water partition coefficient (Wildman–Crippen LogP) is 3.20. The number of imidazole rings is 1. The Bertz CT molecular complexity index is 805. The Morgan fingerprint density at radius 2 is 2.25 bits per heavy atom. The van der Waals surface area contributed by atoms with Crippen LogP contribution in [0.4, 0.5) is 0 Å². The number of thiazole rings is 1. The predicted molar refractivity (Wildman–Crippen MR) is 83.8 cm³/mol. The summed E-state index contributed by atoms with van der Waals surface area (Å²) in [5.74, 6) is 0. The van der Waals surface area contributed by atoms with E-state index in [4.69, 9.17) is 12.2 Å². The minimum atomic E-state index is 0.689. The fourth-order valence-corrected chi connectivity index (χ4v) is 3.34. The van der Waals surface area contributed by atoms with Crippen molar-refractivity contribution in [3.05, 3.63) is 26.5 Å². The molecule has 0 spiro atoms. The van der Waals surface area contributed by atoms with E-state index in [-0.39, 0.29) is 0 Å². The molecule has 0 amide bonds. The van der Waals surface area contributed by atoms with Crippen LogP contribution in [-0.4, -0.2) is 24.3 Å². The zero-order chi connectivity index (χ0) is 14.3. The van der Waals surface area contributed by atoms with Crippen LogP contribution >= 0.6 is 23.6 Å². The zero-order valence-electron chi connectivity index (χ0n) is 11.8. The van der Waals surface area contributed by atoms with Crippen LogP contribution in [-0.2, 0) is 20.0 Å². The van der Waals surface area contributed by atoms with E-state index in [0.29, 0.717) is 6.54 Å². The Kier molecular flexibility index (Phi) is 3.47. The average molecular weight is 307 g/mol. The first-order valence-electron chi connectivity index (χ1n) is 6.65. The molecule has 0 unspecified atom stereocenters. The molecule has 3 rings (SSSR count). The van der Waals surface area contributed by atoms with Crippen LogP contribution in [0.15, 0.2) is 5.38 Å². The molecule has 0 radical (unpaired) electrons. The van der Waals surface area contributed by atoms with E-state index in [9.17, 15) is 0 Å². The number of aromatic nitrogens is 5. The summed E-state index contributed by atoms with van der Waals surface area (Å²) in [6.45, 7) is 4.86. The quantitative estimate of drug-likeness (QED) is 0.753. The second-order valence-corrected chi connectivity index (χ2v) is 6.34. The molecule has 0 atom stereocenters. The van der Waals surface area contributed by atoms with Gasteiger partial charge in [-0.15, -0.1) is 11.3 Å². The van der Waals surface area contributed by atoms with Crippen molar-refractivity contribution in [2.24, 2.45) is 7.05 Å². The summed E-state index contributed by atoms with van der Waals surface area (Å²) in [5, 5.41) is 7.75. The third-order valence-corrected chi connectivity index (χ3v) is 4.44. The number of nitrogens with zero attached hydrogens (tertiary/aromatic N) is 4. The zero-order valence-corrected chi connectivity index (χ0v) is 13.4. The molecule has 0 bridgehead atoms. The van der Waals surface area contributed by atoms with Gasteiger partial charge in [0.05, 0.1) is 22.9 Å². The number of H-pyrrole nitrogens is 1. The topological polar surface area (TPSA) is 51.4 Å². The molecule has 3 aromatic rings. The molecule has 3 heterocycles. The maximum Gasteiger partial charge on any atom is 0.179 e. The fourth-order valence-electron chi connectivity index (χ4n) is 2.48. The van der Waals surface area contributed by atoms with E-state index in [1.807, 2.05) is 18.7 Å². The van der Waals surface area contributed by atoms with Crippen molar-refractivity contribution in [1.29, 1.82) is 0 Å². The SMILES string of the molecule is CCCc1nn(C)c2c1[nH]c(=S)n2Cc1csc(C)n1. The molecular weight excluding hydrogens is 290 g/mol. The van der Waals surface area contributed by atoms with Crippen LogP contribution in [0.3, 0.4) is 0 Å². The van der Waals surface area contributed by atoms with Crippen LogP contribution in [0.1, 0.15) is 29.7 Å². The van der Waals surface area contributed by atoms with Crippen molar-refractivity contribution in [3.63, 3.8) is 0 Å². The molecular formula is C13H17N5S2. The van der Waals surface area contributed by atoms with Gasteiger partial charge in [0.15, 0.2) is 10.4 Å². The minimum absolute atomic E-state index is 0.689. The van der Waals surface area contributed by atoms with E-state index >= 15 is 0 Å². The number of aromatic amines is 1. The van der Waals surface area contributed by atoms with Crippen molar-refractivity contribution in [2.75, 3.05) is 0 Å². The highest BCUT2D eigenvalue weighted by Gasteiger charge is 2.15. The van der Waals surface area contributed by atoms with Gasteiger partial charge in [-0.1, -0.05) is 13.3 Å². The molecule has 7 heteroatoms. The summed E-state index contributed by atoms with van der Waals surface area (Å²) in [4.78, 5) is 7.81. The Morgan fingerprint density at radius 1 is 1.45 bits per heavy atom. The Hall–Kier alpha value is -1.47. The van der Waals surface area contributed by atoms with Crippen LogP contribution in [0, 0.1) is 11.7 Å². The Morgan fingerprint density at radius 3 is 2.90 bits per heavy atom. The van der Waals surface area contributed by atoms with Crippen molar-refractivity contribution in [2.45, 2.75) is 33.2 Å². The van der Waals surface area contributed by atoms with Gasteiger partial charge in [-0.2, -0.15) is 5.10 Å². The molecule has 0 saturated heterocycles. The lowest BCUT2D eigenvalue weighted by molar-refractivity contribution is 0.698. The van der Waals surface area contributed by atoms with Gasteiger partial charge in [-0.3, -0.25) is 9.25 Å². The number of fused-ring (bicyclic) bond motifs is 1. The Balaban J connectivity index is 2.10. The van der Waals surface area contributed by atoms with Crippen molar-refractivity contribution < 1.29 is 0 Å². The van der Waals surface area contributed by atoms with Crippen LogP contribution in [0.2, 0.25) is 0 Å². The third kappa shape index (κ3) is 2.20. The average Bonchev–Trinajstić information content (AvgIpc) is 3.02.